The van der Waals surface area contributed by atoms with Crippen molar-refractivity contribution in [3.05, 3.63) is 0 Å². The van der Waals surface area contributed by atoms with E-state index in [4.69, 9.17) is 5.26 Å². The maximum Gasteiger partial charge on any atom is 0.433 e. The zero-order valence-electron chi connectivity index (χ0n) is 5.83. The minimum absolute atomic E-state index is 0.00463. The van der Waals surface area contributed by atoms with Gasteiger partial charge in [-0.2, -0.15) is 0 Å². The molecular formula is C5H10BN3. The lowest BCUT2D eigenvalue weighted by Gasteiger charge is -2.10. The highest BCUT2D eigenvalue weighted by Crippen LogP contribution is 2.03. The first-order chi connectivity index (χ1) is 4.25. The van der Waals surface area contributed by atoms with E-state index in [0.29, 0.717) is 0 Å². The van der Waals surface area contributed by atoms with Crippen LogP contribution >= 0.6 is 0 Å². The molecule has 4 heteroatoms. The van der Waals surface area contributed by atoms with Crippen LogP contribution in [0, 0.1) is 11.2 Å². The molecule has 0 aromatic rings. The monoisotopic (exact) mass is 123 g/mol. The topological polar surface area (TPSA) is 30.3 Å². The van der Waals surface area contributed by atoms with Crippen LogP contribution in [0.1, 0.15) is 0 Å². The Labute approximate surface area is 56.0 Å². The zero-order chi connectivity index (χ0) is 6.85. The summed E-state index contributed by atoms with van der Waals surface area (Å²) in [4.78, 5) is 4.08. The SMILES string of the molecule is CN1CCN(C)B1C#N. The Hall–Kier alpha value is -0.525. The van der Waals surface area contributed by atoms with Crippen LogP contribution in [0.2, 0.25) is 0 Å². The van der Waals surface area contributed by atoms with E-state index in [1.165, 1.54) is 0 Å². The second-order valence-corrected chi connectivity index (χ2v) is 2.46. The quantitative estimate of drug-likeness (QED) is 0.403. The van der Waals surface area contributed by atoms with Crippen molar-refractivity contribution in [1.82, 2.24) is 9.62 Å². The first kappa shape index (κ1) is 6.59. The fraction of sp³-hybridized carbons (Fsp3) is 0.800. The zero-order valence-corrected chi connectivity index (χ0v) is 5.83. The highest BCUT2D eigenvalue weighted by atomic mass is 15.3. The van der Waals surface area contributed by atoms with Gasteiger partial charge < -0.3 is 9.62 Å². The van der Waals surface area contributed by atoms with E-state index in [1.54, 1.807) is 0 Å². The van der Waals surface area contributed by atoms with Crippen LogP contribution in [0.25, 0.3) is 0 Å². The molecule has 1 aliphatic rings. The summed E-state index contributed by atoms with van der Waals surface area (Å²) in [5.41, 5.74) is 0. The minimum Gasteiger partial charge on any atom is -0.317 e. The number of nitriles is 1. The summed E-state index contributed by atoms with van der Waals surface area (Å²) in [5.74, 6) is 2.22. The van der Waals surface area contributed by atoms with E-state index < -0.39 is 0 Å². The molecule has 1 aliphatic heterocycles. The van der Waals surface area contributed by atoms with Crippen LogP contribution < -0.4 is 0 Å². The Balaban J connectivity index is 2.57. The molecule has 0 aliphatic carbocycles. The number of hydrogen-bond acceptors (Lipinski definition) is 3. The van der Waals surface area contributed by atoms with Crippen LogP contribution in [0.3, 0.4) is 0 Å². The third-order valence-electron chi connectivity index (χ3n) is 1.76. The molecule has 0 radical (unpaired) electrons. The van der Waals surface area contributed by atoms with Gasteiger partial charge in [0.15, 0.2) is 0 Å². The number of rotatable bonds is 0. The van der Waals surface area contributed by atoms with Crippen LogP contribution in [0.15, 0.2) is 0 Å². The van der Waals surface area contributed by atoms with Gasteiger partial charge in [-0.15, -0.1) is 0 Å². The van der Waals surface area contributed by atoms with Crippen molar-refractivity contribution in [2.45, 2.75) is 0 Å². The molecule has 1 heterocycles. The van der Waals surface area contributed by atoms with E-state index in [0.717, 1.165) is 13.1 Å². The van der Waals surface area contributed by atoms with E-state index in [-0.39, 0.29) is 6.98 Å². The molecule has 0 aromatic heterocycles. The van der Waals surface area contributed by atoms with Crippen molar-refractivity contribution in [2.75, 3.05) is 27.2 Å². The molecule has 48 valence electrons. The molecule has 3 nitrogen and oxygen atoms in total. The average molecular weight is 123 g/mol. The Morgan fingerprint density at radius 1 is 1.33 bits per heavy atom. The highest BCUT2D eigenvalue weighted by Gasteiger charge is 2.31. The van der Waals surface area contributed by atoms with Crippen LogP contribution in [0.5, 0.6) is 0 Å². The van der Waals surface area contributed by atoms with E-state index in [2.05, 4.69) is 5.97 Å². The summed E-state index contributed by atoms with van der Waals surface area (Å²) in [6, 6.07) is 0. The first-order valence-electron chi connectivity index (χ1n) is 3.06. The van der Waals surface area contributed by atoms with Crippen molar-refractivity contribution in [1.29, 1.82) is 5.26 Å². The Kier molecular flexibility index (Phi) is 1.74. The molecule has 0 unspecified atom stereocenters. The van der Waals surface area contributed by atoms with Crippen molar-refractivity contribution in [3.8, 4) is 5.97 Å². The molecule has 0 aromatic carbocycles. The van der Waals surface area contributed by atoms with Crippen molar-refractivity contribution >= 4 is 6.98 Å². The maximum atomic E-state index is 8.57. The lowest BCUT2D eigenvalue weighted by atomic mass is 9.77. The third-order valence-corrected chi connectivity index (χ3v) is 1.76. The van der Waals surface area contributed by atoms with Gasteiger partial charge in [-0.1, -0.05) is 0 Å². The smallest absolute Gasteiger partial charge is 0.317 e. The molecule has 1 rings (SSSR count). The van der Waals surface area contributed by atoms with Gasteiger partial charge in [0, 0.05) is 19.1 Å². The fourth-order valence-corrected chi connectivity index (χ4v) is 1.09. The Bertz CT molecular complexity index is 132. The van der Waals surface area contributed by atoms with Crippen LogP contribution in [0.4, 0.5) is 0 Å². The van der Waals surface area contributed by atoms with Crippen molar-refractivity contribution in [3.63, 3.8) is 0 Å². The largest absolute Gasteiger partial charge is 0.433 e. The summed E-state index contributed by atoms with van der Waals surface area (Å²) in [7, 11) is 3.94. The summed E-state index contributed by atoms with van der Waals surface area (Å²) in [6.45, 7) is 2.02. The normalized spacial score (nSPS) is 22.6. The third kappa shape index (κ3) is 1.07. The van der Waals surface area contributed by atoms with Gasteiger partial charge in [0.05, 0.1) is 0 Å². The minimum atomic E-state index is 0.00463. The summed E-state index contributed by atoms with van der Waals surface area (Å²) >= 11 is 0. The van der Waals surface area contributed by atoms with Gasteiger partial charge in [-0.3, -0.25) is 0 Å². The molecule has 0 saturated carbocycles. The number of nitrogens with zero attached hydrogens (tertiary/aromatic N) is 3. The number of hydrogen-bond donors (Lipinski definition) is 0. The van der Waals surface area contributed by atoms with E-state index in [9.17, 15) is 0 Å². The van der Waals surface area contributed by atoms with E-state index >= 15 is 0 Å². The maximum absolute atomic E-state index is 8.57. The Morgan fingerprint density at radius 3 is 2.00 bits per heavy atom. The standard InChI is InChI=1S/C5H10BN3/c1-8-3-4-9(2)6(8)5-7/h3-4H2,1-2H3. The first-order valence-corrected chi connectivity index (χ1v) is 3.06. The van der Waals surface area contributed by atoms with Crippen LogP contribution in [-0.4, -0.2) is 43.8 Å². The molecule has 0 atom stereocenters. The summed E-state index contributed by atoms with van der Waals surface area (Å²) < 4.78 is 0. The van der Waals surface area contributed by atoms with Gasteiger partial charge >= 0.3 is 6.98 Å². The van der Waals surface area contributed by atoms with Crippen LogP contribution in [-0.2, 0) is 0 Å². The number of likely N-dealkylation sites (N-methyl/N-ethyl adjacent to an activating group) is 2. The molecule has 0 amide bonds. The lowest BCUT2D eigenvalue weighted by molar-refractivity contribution is 0.553. The second-order valence-electron chi connectivity index (χ2n) is 2.46. The highest BCUT2D eigenvalue weighted by molar-refractivity contribution is 6.61. The summed E-state index contributed by atoms with van der Waals surface area (Å²) in [6.07, 6.45) is 0. The van der Waals surface area contributed by atoms with Crippen molar-refractivity contribution < 1.29 is 0 Å². The molecule has 0 spiro atoms. The van der Waals surface area contributed by atoms with Gasteiger partial charge in [0.2, 0.25) is 0 Å². The fourth-order valence-electron chi connectivity index (χ4n) is 1.09. The molecular weight excluding hydrogens is 113 g/mol. The van der Waals surface area contributed by atoms with Gasteiger partial charge in [0.25, 0.3) is 0 Å². The molecule has 9 heavy (non-hydrogen) atoms. The average Bonchev–Trinajstić information content (AvgIpc) is 2.12. The predicted octanol–water partition coefficient (Wildman–Crippen LogP) is -0.585. The van der Waals surface area contributed by atoms with Gasteiger partial charge in [-0.25, -0.2) is 5.26 Å². The van der Waals surface area contributed by atoms with E-state index in [1.807, 2.05) is 23.7 Å². The molecule has 0 N–H and O–H groups in total. The van der Waals surface area contributed by atoms with Crippen molar-refractivity contribution in [2.24, 2.45) is 0 Å². The second kappa shape index (κ2) is 2.38. The van der Waals surface area contributed by atoms with Gasteiger partial charge in [0.1, 0.15) is 0 Å². The molecule has 0 bridgehead atoms. The summed E-state index contributed by atoms with van der Waals surface area (Å²) in [5, 5.41) is 8.57. The molecule has 1 fully saturated rings. The molecule has 1 saturated heterocycles. The van der Waals surface area contributed by atoms with Gasteiger partial charge in [-0.05, 0) is 14.1 Å². The Morgan fingerprint density at radius 2 is 1.78 bits per heavy atom. The lowest BCUT2D eigenvalue weighted by Crippen LogP contribution is -2.38. The predicted molar refractivity (Wildman–Crippen MR) is 36.6 cm³/mol.